The number of ether oxygens (including phenoxy) is 2. The van der Waals surface area contributed by atoms with Crippen molar-refractivity contribution in [3.63, 3.8) is 0 Å². The van der Waals surface area contributed by atoms with Crippen molar-refractivity contribution < 1.29 is 37.1 Å². The number of methoxy groups -OCH3 is 1. The number of nitrogens with one attached hydrogen (secondary N) is 3. The van der Waals surface area contributed by atoms with Crippen LogP contribution in [0.15, 0.2) is 42.1 Å². The van der Waals surface area contributed by atoms with Gasteiger partial charge in [-0.1, -0.05) is 38.8 Å². The third-order valence-electron chi connectivity index (χ3n) is 12.4. The van der Waals surface area contributed by atoms with Crippen molar-refractivity contribution in [2.75, 3.05) is 13.7 Å². The van der Waals surface area contributed by atoms with Gasteiger partial charge in [0.15, 0.2) is 0 Å². The molecular formula is C44H55N9O8S2. The fourth-order valence-corrected chi connectivity index (χ4v) is 10.8. The van der Waals surface area contributed by atoms with Crippen LogP contribution in [0.2, 0.25) is 0 Å². The standard InChI is InChI=1S/C44H55N9O8S2/c1-24(2)33-22-62-41(49-33)32-19-36(30-16-17-35(60-6)26(5)37(30)47-32)61-28-18-34-39(54)50-44(43(57)51-63(58,59)29-14-15-29)20-27(44)12-10-8-7-9-11-13-31(42(56)52(34)21-28)48-40(55)38-45-23-46-53(38)25(3)4/h10,12,16-17,19,22-25,27-29,31,34H,7-9,11,13-15,18,20-21H2,1-6H3,(H,48,55)(H,50,54)(H,51,57)/b12-10-/t27-,28-,31+,34+,44-/m1/s1. The number of nitrogens with zero attached hydrogens (tertiary/aromatic N) is 6. The average molecular weight is 902 g/mol. The van der Waals surface area contributed by atoms with E-state index in [4.69, 9.17) is 19.4 Å². The molecule has 2 saturated carbocycles. The lowest BCUT2D eigenvalue weighted by atomic mass is 10.0. The molecule has 0 bridgehead atoms. The third kappa shape index (κ3) is 9.03. The summed E-state index contributed by atoms with van der Waals surface area (Å²) in [5, 5.41) is 12.8. The minimum atomic E-state index is -3.93. The van der Waals surface area contributed by atoms with E-state index in [9.17, 15) is 27.6 Å². The van der Waals surface area contributed by atoms with Gasteiger partial charge in [-0.15, -0.1) is 11.3 Å². The number of amides is 4. The second kappa shape index (κ2) is 17.6. The predicted molar refractivity (Wildman–Crippen MR) is 236 cm³/mol. The van der Waals surface area contributed by atoms with Gasteiger partial charge in [0, 0.05) is 40.8 Å². The van der Waals surface area contributed by atoms with Crippen molar-refractivity contribution in [3.8, 4) is 22.2 Å². The number of allylic oxidation sites excluding steroid dienone is 1. The molecule has 3 aromatic heterocycles. The van der Waals surface area contributed by atoms with Gasteiger partial charge in [-0.25, -0.2) is 28.1 Å². The number of carbonyl (C=O) groups excluding carboxylic acids is 4. The van der Waals surface area contributed by atoms with Crippen LogP contribution in [0.4, 0.5) is 0 Å². The Morgan fingerprint density at radius 1 is 1.05 bits per heavy atom. The normalized spacial score (nSPS) is 24.9. The van der Waals surface area contributed by atoms with E-state index < -0.39 is 68.5 Å². The molecule has 4 aliphatic rings. The van der Waals surface area contributed by atoms with E-state index >= 15 is 0 Å². The summed E-state index contributed by atoms with van der Waals surface area (Å²) >= 11 is 1.47. The molecule has 1 aromatic carbocycles. The summed E-state index contributed by atoms with van der Waals surface area (Å²) in [4.78, 5) is 72.9. The fraction of sp³-hybridized carbons (Fsp3) is 0.545. The van der Waals surface area contributed by atoms with Gasteiger partial charge in [0.25, 0.3) is 11.8 Å². The van der Waals surface area contributed by atoms with Crippen molar-refractivity contribution in [3.05, 3.63) is 59.1 Å². The largest absolute Gasteiger partial charge is 0.496 e. The second-order valence-electron chi connectivity index (χ2n) is 17.7. The van der Waals surface area contributed by atoms with E-state index in [0.29, 0.717) is 65.2 Å². The monoisotopic (exact) mass is 901 g/mol. The molecule has 5 heterocycles. The van der Waals surface area contributed by atoms with Crippen LogP contribution in [-0.4, -0.2) is 104 Å². The van der Waals surface area contributed by atoms with Crippen LogP contribution in [0.25, 0.3) is 21.6 Å². The van der Waals surface area contributed by atoms with Crippen molar-refractivity contribution in [1.29, 1.82) is 0 Å². The molecule has 2 aliphatic heterocycles. The number of benzene rings is 1. The number of hydrogen-bond acceptors (Lipinski definition) is 13. The summed E-state index contributed by atoms with van der Waals surface area (Å²) in [7, 11) is -2.33. The Bertz CT molecular complexity index is 2570. The highest BCUT2D eigenvalue weighted by Crippen LogP contribution is 2.46. The van der Waals surface area contributed by atoms with E-state index in [1.54, 1.807) is 7.11 Å². The van der Waals surface area contributed by atoms with Crippen LogP contribution in [0.5, 0.6) is 11.5 Å². The SMILES string of the molecule is COc1ccc2c(O[C@@H]3C[C@H]4C(=O)N[C@]5(C(=O)NS(=O)(=O)C6CC6)C[C@H]5/C=C\CCCCC[C@H](NC(=O)c5ncnn5C(C)C)C(=O)N4C3)cc(-c3nc(C(C)C)cs3)nc2c1C. The molecule has 17 nitrogen and oxygen atoms in total. The molecule has 0 spiro atoms. The average Bonchev–Trinajstić information content (AvgIpc) is 4.00. The van der Waals surface area contributed by atoms with E-state index in [1.807, 2.05) is 56.5 Å². The number of hydrogen-bond donors (Lipinski definition) is 3. The maximum atomic E-state index is 15.0. The van der Waals surface area contributed by atoms with Gasteiger partial charge >= 0.3 is 0 Å². The number of pyridine rings is 1. The molecule has 4 aromatic rings. The molecule has 3 fully saturated rings. The molecule has 8 rings (SSSR count). The van der Waals surface area contributed by atoms with Crippen molar-refractivity contribution in [2.45, 2.75) is 133 Å². The lowest BCUT2D eigenvalue weighted by molar-refractivity contribution is -0.141. The summed E-state index contributed by atoms with van der Waals surface area (Å²) in [6.07, 6.45) is 8.62. The Balaban J connectivity index is 1.15. The number of thiazole rings is 1. The fourth-order valence-electron chi connectivity index (χ4n) is 8.52. The highest BCUT2D eigenvalue weighted by atomic mass is 32.2. The summed E-state index contributed by atoms with van der Waals surface area (Å²) in [6.45, 7) is 9.76. The Hall–Kier alpha value is -5.43. The molecule has 336 valence electrons. The van der Waals surface area contributed by atoms with Crippen LogP contribution < -0.4 is 24.8 Å². The number of aromatic nitrogens is 5. The Kier molecular flexibility index (Phi) is 12.4. The Labute approximate surface area is 370 Å². The molecule has 0 radical (unpaired) electrons. The van der Waals surface area contributed by atoms with Crippen LogP contribution >= 0.6 is 11.3 Å². The van der Waals surface area contributed by atoms with Gasteiger partial charge in [-0.05, 0) is 77.3 Å². The number of sulfonamides is 1. The zero-order chi connectivity index (χ0) is 44.8. The van der Waals surface area contributed by atoms with Crippen molar-refractivity contribution in [1.82, 2.24) is 45.0 Å². The lowest BCUT2D eigenvalue weighted by Gasteiger charge is -2.30. The summed E-state index contributed by atoms with van der Waals surface area (Å²) in [6, 6.07) is 3.16. The highest BCUT2D eigenvalue weighted by molar-refractivity contribution is 7.91. The molecule has 19 heteroatoms. The van der Waals surface area contributed by atoms with Crippen molar-refractivity contribution in [2.24, 2.45) is 5.92 Å². The first-order valence-corrected chi connectivity index (χ1v) is 24.2. The first-order valence-electron chi connectivity index (χ1n) is 21.8. The predicted octanol–water partition coefficient (Wildman–Crippen LogP) is 5.12. The zero-order valence-corrected chi connectivity index (χ0v) is 38.1. The van der Waals surface area contributed by atoms with Gasteiger partial charge in [-0.2, -0.15) is 5.10 Å². The Morgan fingerprint density at radius 3 is 2.56 bits per heavy atom. The molecular weight excluding hydrogens is 847 g/mol. The molecule has 3 N–H and O–H groups in total. The van der Waals surface area contributed by atoms with Crippen LogP contribution in [0.3, 0.4) is 0 Å². The number of fused-ring (bicyclic) bond motifs is 3. The molecule has 2 aliphatic carbocycles. The molecule has 0 unspecified atom stereocenters. The zero-order valence-electron chi connectivity index (χ0n) is 36.4. The van der Waals surface area contributed by atoms with E-state index in [-0.39, 0.29) is 37.2 Å². The summed E-state index contributed by atoms with van der Waals surface area (Å²) < 4.78 is 42.2. The van der Waals surface area contributed by atoms with Crippen molar-refractivity contribution >= 4 is 55.9 Å². The van der Waals surface area contributed by atoms with Gasteiger partial charge in [0.1, 0.15) is 52.3 Å². The molecule has 1 saturated heterocycles. The second-order valence-corrected chi connectivity index (χ2v) is 20.5. The highest BCUT2D eigenvalue weighted by Gasteiger charge is 2.62. The summed E-state index contributed by atoms with van der Waals surface area (Å²) in [5.41, 5.74) is 1.42. The van der Waals surface area contributed by atoms with Crippen LogP contribution in [0.1, 0.15) is 119 Å². The maximum Gasteiger partial charge on any atom is 0.289 e. The number of rotatable bonds is 11. The first kappa shape index (κ1) is 44.2. The van der Waals surface area contributed by atoms with Crippen LogP contribution in [0, 0.1) is 12.8 Å². The minimum Gasteiger partial charge on any atom is -0.496 e. The minimum absolute atomic E-state index is 0.0293. The smallest absolute Gasteiger partial charge is 0.289 e. The third-order valence-corrected chi connectivity index (χ3v) is 15.1. The van der Waals surface area contributed by atoms with Gasteiger partial charge in [-0.3, -0.25) is 23.9 Å². The lowest BCUT2D eigenvalue weighted by Crippen LogP contribution is -2.58. The maximum absolute atomic E-state index is 15.0. The van der Waals surface area contributed by atoms with Gasteiger partial charge < -0.3 is 25.0 Å². The van der Waals surface area contributed by atoms with E-state index in [0.717, 1.165) is 24.1 Å². The van der Waals surface area contributed by atoms with Gasteiger partial charge in [0.2, 0.25) is 27.7 Å². The summed E-state index contributed by atoms with van der Waals surface area (Å²) in [5.74, 6) is -1.58. The first-order chi connectivity index (χ1) is 30.1. The van der Waals surface area contributed by atoms with Gasteiger partial charge in [0.05, 0.1) is 30.1 Å². The van der Waals surface area contributed by atoms with E-state index in [1.165, 1.54) is 27.2 Å². The molecule has 63 heavy (non-hydrogen) atoms. The Morgan fingerprint density at radius 2 is 1.84 bits per heavy atom. The topological polar surface area (TPSA) is 217 Å². The van der Waals surface area contributed by atoms with E-state index in [2.05, 4.69) is 39.3 Å². The van der Waals surface area contributed by atoms with Crippen LogP contribution in [-0.2, 0) is 24.4 Å². The number of aryl methyl sites for hydroxylation is 1. The molecule has 5 atom stereocenters. The molecule has 4 amide bonds. The quantitative estimate of drug-likeness (QED) is 0.167. The number of carbonyl (C=O) groups is 4.